The minimum Gasteiger partial charge on any atom is -0.458 e. The van der Waals surface area contributed by atoms with E-state index in [0.29, 0.717) is 5.75 Å². The molecule has 9 heteroatoms. The molecule has 60 heavy (non-hydrogen) atoms. The van der Waals surface area contributed by atoms with Crippen LogP contribution in [0.2, 0.25) is 0 Å². The predicted octanol–water partition coefficient (Wildman–Crippen LogP) is 9.46. The second-order valence-electron chi connectivity index (χ2n) is 16.5. The first-order chi connectivity index (χ1) is 29.5. The highest BCUT2D eigenvalue weighted by Gasteiger charge is 2.47. The molecule has 282 valence electrons. The Morgan fingerprint density at radius 3 is 2.20 bits per heavy atom. The molecule has 4 aliphatic rings. The Balaban J connectivity index is 0.914. The number of nitrogens with zero attached hydrogens (tertiary/aromatic N) is 4. The molecule has 10 aromatic rings. The molecule has 0 bridgehead atoms. The largest absolute Gasteiger partial charge is 0.458 e. The van der Waals surface area contributed by atoms with Crippen LogP contribution in [0, 0.1) is 6.33 Å². The van der Waals surface area contributed by atoms with E-state index in [1.165, 1.54) is 11.1 Å². The highest BCUT2D eigenvalue weighted by atomic mass is 16.5. The van der Waals surface area contributed by atoms with Gasteiger partial charge in [-0.1, -0.05) is 74.5 Å². The third-order valence-electron chi connectivity index (χ3n) is 12.9. The van der Waals surface area contributed by atoms with Crippen LogP contribution < -0.4 is 39.9 Å². The summed E-state index contributed by atoms with van der Waals surface area (Å²) in [5, 5.41) is 1.97. The molecule has 0 unspecified atom stereocenters. The van der Waals surface area contributed by atoms with Gasteiger partial charge in [0.15, 0.2) is 0 Å². The van der Waals surface area contributed by atoms with Gasteiger partial charge in [0, 0.05) is 45.5 Å². The lowest BCUT2D eigenvalue weighted by Gasteiger charge is -2.37. The van der Waals surface area contributed by atoms with Crippen molar-refractivity contribution in [1.29, 1.82) is 0 Å². The van der Waals surface area contributed by atoms with Crippen LogP contribution in [-0.4, -0.2) is 20.8 Å². The predicted molar refractivity (Wildman–Crippen MR) is 232 cm³/mol. The summed E-state index contributed by atoms with van der Waals surface area (Å²) in [5.41, 5.74) is 12.3. The lowest BCUT2D eigenvalue weighted by molar-refractivity contribution is -0.572. The van der Waals surface area contributed by atoms with E-state index in [9.17, 15) is 0 Å². The summed E-state index contributed by atoms with van der Waals surface area (Å²) in [6.45, 7) is 4.51. The van der Waals surface area contributed by atoms with Gasteiger partial charge in [0.25, 0.3) is 13.0 Å². The van der Waals surface area contributed by atoms with Gasteiger partial charge in [0.05, 0.1) is 39.0 Å². The minimum atomic E-state index is -0.237. The summed E-state index contributed by atoms with van der Waals surface area (Å²) in [6, 6.07) is 49.9. The summed E-state index contributed by atoms with van der Waals surface area (Å²) in [4.78, 5) is 4.97. The molecule has 14 rings (SSSR count). The molecule has 3 aromatic heterocycles. The third-order valence-corrected chi connectivity index (χ3v) is 12.9. The van der Waals surface area contributed by atoms with Crippen LogP contribution in [0.15, 0.2) is 152 Å². The SMILES string of the molecule is CC1(C)c2ccc(Oc3cccc(-n4c5cc6c7c(c5c5cccnc54)Oc4cccc5c4B7c4c(cccc4O6)O5)c3)cc2-n2[c-][n+](-c3ccccc3)c3cccc1c32. The van der Waals surface area contributed by atoms with Crippen molar-refractivity contribution >= 4 is 56.1 Å². The quantitative estimate of drug-likeness (QED) is 0.101. The van der Waals surface area contributed by atoms with Crippen LogP contribution >= 0.6 is 0 Å². The molecule has 0 saturated heterocycles. The number of fused-ring (bicyclic) bond motifs is 6. The lowest BCUT2D eigenvalue weighted by Crippen LogP contribution is -2.59. The standard InChI is InChI=1S/C51H31BN4O4/c1-51(2)34-23-22-32(26-37(34)55-28-54(29-11-4-3-5-12-29)36-17-7-16-35(51)48(36)55)57-31-14-6-13-30(25-31)56-38-27-43-47-49(44(38)33-15-10-24-53-50(33)56)60-42-21-9-19-40-46(42)52(47)45-39(58-40)18-8-20-41(45)59-43/h3-27H,1-2H3. The Bertz CT molecular complexity index is 3540. The number of benzene rings is 7. The highest BCUT2D eigenvalue weighted by Crippen LogP contribution is 2.48. The minimum absolute atomic E-state index is 0.0840. The van der Waals surface area contributed by atoms with Crippen LogP contribution in [0.25, 0.3) is 50.0 Å². The van der Waals surface area contributed by atoms with E-state index in [1.54, 1.807) is 0 Å². The van der Waals surface area contributed by atoms with Crippen LogP contribution in [0.3, 0.4) is 0 Å². The van der Waals surface area contributed by atoms with E-state index < -0.39 is 0 Å². The molecule has 0 radical (unpaired) electrons. The van der Waals surface area contributed by atoms with Crippen molar-refractivity contribution in [3.05, 3.63) is 169 Å². The van der Waals surface area contributed by atoms with Gasteiger partial charge in [-0.2, -0.15) is 0 Å². The van der Waals surface area contributed by atoms with E-state index in [1.807, 2.05) is 66.9 Å². The first-order valence-electron chi connectivity index (χ1n) is 20.2. The van der Waals surface area contributed by atoms with Crippen LogP contribution in [0.1, 0.15) is 25.0 Å². The molecule has 0 N–H and O–H groups in total. The molecule has 7 heterocycles. The highest BCUT2D eigenvalue weighted by molar-refractivity contribution is 6.99. The fourth-order valence-corrected chi connectivity index (χ4v) is 10.3. The van der Waals surface area contributed by atoms with Crippen LogP contribution in [0.4, 0.5) is 0 Å². The number of rotatable bonds is 4. The summed E-state index contributed by atoms with van der Waals surface area (Å²) < 4.78 is 33.4. The van der Waals surface area contributed by atoms with Gasteiger partial charge in [-0.15, -0.1) is 0 Å². The fraction of sp³-hybridized carbons (Fsp3) is 0.0588. The average molecular weight is 775 g/mol. The number of imidazole rings is 1. The van der Waals surface area contributed by atoms with E-state index in [-0.39, 0.29) is 12.1 Å². The van der Waals surface area contributed by atoms with Gasteiger partial charge in [-0.25, -0.2) is 4.98 Å². The third kappa shape index (κ3) is 4.10. The first-order valence-corrected chi connectivity index (χ1v) is 20.2. The van der Waals surface area contributed by atoms with Crippen LogP contribution in [0.5, 0.6) is 46.0 Å². The Morgan fingerprint density at radius 2 is 1.38 bits per heavy atom. The molecule has 8 nitrogen and oxygen atoms in total. The second kappa shape index (κ2) is 11.2. The number of pyridine rings is 1. The summed E-state index contributed by atoms with van der Waals surface area (Å²) in [6.07, 6.45) is 5.53. The Labute approximate surface area is 344 Å². The zero-order chi connectivity index (χ0) is 39.4. The van der Waals surface area contributed by atoms with Gasteiger partial charge < -0.3 is 18.9 Å². The van der Waals surface area contributed by atoms with E-state index in [0.717, 1.165) is 107 Å². The molecule has 0 spiro atoms. The van der Waals surface area contributed by atoms with Gasteiger partial charge >= 0.3 is 0 Å². The van der Waals surface area contributed by atoms with Crippen molar-refractivity contribution in [2.45, 2.75) is 19.3 Å². The average Bonchev–Trinajstić information content (AvgIpc) is 3.83. The maximum atomic E-state index is 6.92. The van der Waals surface area contributed by atoms with Crippen molar-refractivity contribution in [3.63, 3.8) is 0 Å². The Kier molecular flexibility index (Phi) is 6.03. The number of para-hydroxylation sites is 2. The molecular formula is C51H31BN4O4. The Morgan fingerprint density at radius 1 is 0.650 bits per heavy atom. The molecule has 0 fully saturated rings. The summed E-state index contributed by atoms with van der Waals surface area (Å²) in [7, 11) is 0. The van der Waals surface area contributed by atoms with Gasteiger partial charge in [-0.05, 0) is 83.9 Å². The number of ether oxygens (including phenoxy) is 4. The van der Waals surface area contributed by atoms with Gasteiger partial charge in [0.1, 0.15) is 51.6 Å². The fourth-order valence-electron chi connectivity index (χ4n) is 10.3. The molecule has 0 saturated carbocycles. The molecular weight excluding hydrogens is 743 g/mol. The molecule has 0 aliphatic carbocycles. The van der Waals surface area contributed by atoms with E-state index >= 15 is 0 Å². The number of aromatic nitrogens is 4. The molecule has 0 atom stereocenters. The molecule has 0 amide bonds. The number of hydrogen-bond donors (Lipinski definition) is 0. The topological polar surface area (TPSA) is 63.6 Å². The van der Waals surface area contributed by atoms with Gasteiger partial charge in [-0.3, -0.25) is 13.7 Å². The normalized spacial score (nSPS) is 14.3. The van der Waals surface area contributed by atoms with Crippen molar-refractivity contribution < 1.29 is 23.5 Å². The van der Waals surface area contributed by atoms with Crippen molar-refractivity contribution in [2.75, 3.05) is 0 Å². The molecule has 7 aromatic carbocycles. The summed E-state index contributed by atoms with van der Waals surface area (Å²) >= 11 is 0. The van der Waals surface area contributed by atoms with E-state index in [2.05, 4.69) is 119 Å². The Hall–Kier alpha value is -7.78. The monoisotopic (exact) mass is 774 g/mol. The maximum absolute atomic E-state index is 6.92. The lowest BCUT2D eigenvalue weighted by atomic mass is 9.34. The smallest absolute Gasteiger partial charge is 0.270 e. The summed E-state index contributed by atoms with van der Waals surface area (Å²) in [5.74, 6) is 6.17. The zero-order valence-electron chi connectivity index (χ0n) is 32.4. The van der Waals surface area contributed by atoms with Crippen molar-refractivity contribution in [3.8, 4) is 63.1 Å². The first kappa shape index (κ1) is 32.2. The van der Waals surface area contributed by atoms with Crippen molar-refractivity contribution in [2.24, 2.45) is 0 Å². The zero-order valence-corrected chi connectivity index (χ0v) is 32.4. The van der Waals surface area contributed by atoms with Gasteiger partial charge in [0.2, 0.25) is 0 Å². The van der Waals surface area contributed by atoms with Crippen LogP contribution in [-0.2, 0) is 5.41 Å². The maximum Gasteiger partial charge on any atom is 0.270 e. The second-order valence-corrected chi connectivity index (χ2v) is 16.5. The van der Waals surface area contributed by atoms with E-state index in [4.69, 9.17) is 23.9 Å². The molecule has 4 aliphatic heterocycles. The van der Waals surface area contributed by atoms with Crippen molar-refractivity contribution in [1.82, 2.24) is 14.1 Å². The number of hydrogen-bond acceptors (Lipinski definition) is 5.